The van der Waals surface area contributed by atoms with Crippen molar-refractivity contribution >= 4 is 17.7 Å². The number of amides is 2. The molecule has 1 N–H and O–H groups in total. The summed E-state index contributed by atoms with van der Waals surface area (Å²) in [6.45, 7) is 0.203. The average Bonchev–Trinajstić information content (AvgIpc) is 3.64. The third-order valence-electron chi connectivity index (χ3n) is 6.92. The van der Waals surface area contributed by atoms with Gasteiger partial charge in [0.15, 0.2) is 0 Å². The van der Waals surface area contributed by atoms with E-state index in [-0.39, 0.29) is 29.7 Å². The maximum absolute atomic E-state index is 13.6. The van der Waals surface area contributed by atoms with E-state index >= 15 is 0 Å². The topological polar surface area (TPSA) is 60.9 Å². The molecule has 1 saturated carbocycles. The van der Waals surface area contributed by atoms with Gasteiger partial charge in [-0.1, -0.05) is 0 Å². The number of benzene rings is 2. The van der Waals surface area contributed by atoms with Gasteiger partial charge in [-0.25, -0.2) is 4.79 Å². The van der Waals surface area contributed by atoms with Gasteiger partial charge in [-0.2, -0.15) is 39.5 Å². The van der Waals surface area contributed by atoms with Crippen molar-refractivity contribution in [1.29, 1.82) is 0 Å². The lowest BCUT2D eigenvalue weighted by Crippen LogP contribution is -2.49. The van der Waals surface area contributed by atoms with Gasteiger partial charge in [-0.15, -0.1) is 0 Å². The fourth-order valence-electron chi connectivity index (χ4n) is 5.03. The summed E-state index contributed by atoms with van der Waals surface area (Å²) in [5.41, 5.74) is -5.25. The van der Waals surface area contributed by atoms with Gasteiger partial charge in [-0.05, 0) is 72.7 Å². The quantitative estimate of drug-likeness (QED) is 0.389. The van der Waals surface area contributed by atoms with Gasteiger partial charge in [0.25, 0.3) is 0 Å². The Labute approximate surface area is 215 Å². The van der Waals surface area contributed by atoms with Crippen molar-refractivity contribution in [3.8, 4) is 0 Å². The fraction of sp³-hybridized carbons (Fsp3) is 0.440. The Kier molecular flexibility index (Phi) is 7.05. The van der Waals surface area contributed by atoms with Gasteiger partial charge >= 0.3 is 24.6 Å². The number of halogens is 9. The van der Waals surface area contributed by atoms with E-state index in [2.05, 4.69) is 0 Å². The minimum Gasteiger partial charge on any atom is -0.465 e. The second-order valence-corrected chi connectivity index (χ2v) is 9.64. The van der Waals surface area contributed by atoms with Gasteiger partial charge < -0.3 is 10.0 Å². The van der Waals surface area contributed by atoms with E-state index in [1.165, 1.54) is 0 Å². The second kappa shape index (κ2) is 9.63. The molecule has 1 aliphatic carbocycles. The highest BCUT2D eigenvalue weighted by Crippen LogP contribution is 2.49. The first-order chi connectivity index (χ1) is 17.9. The highest BCUT2D eigenvalue weighted by atomic mass is 19.4. The van der Waals surface area contributed by atoms with E-state index in [4.69, 9.17) is 0 Å². The Morgan fingerprint density at radius 2 is 1.41 bits per heavy atom. The summed E-state index contributed by atoms with van der Waals surface area (Å²) in [4.78, 5) is 26.7. The molecule has 5 nitrogen and oxygen atoms in total. The van der Waals surface area contributed by atoms with Gasteiger partial charge in [0.1, 0.15) is 0 Å². The van der Waals surface area contributed by atoms with Gasteiger partial charge in [0.05, 0.1) is 28.4 Å². The molecule has 2 aromatic carbocycles. The maximum atomic E-state index is 13.6. The Balaban J connectivity index is 1.85. The van der Waals surface area contributed by atoms with Crippen molar-refractivity contribution in [3.63, 3.8) is 0 Å². The molecular weight excluding hydrogens is 547 g/mol. The van der Waals surface area contributed by atoms with Crippen molar-refractivity contribution in [2.24, 2.45) is 5.92 Å². The Bertz CT molecular complexity index is 1250. The highest BCUT2D eigenvalue weighted by Gasteiger charge is 2.47. The lowest BCUT2D eigenvalue weighted by Gasteiger charge is -2.44. The number of hydrogen-bond donors (Lipinski definition) is 1. The summed E-state index contributed by atoms with van der Waals surface area (Å²) >= 11 is 0. The number of carbonyl (C=O) groups excluding carboxylic acids is 1. The zero-order valence-electron chi connectivity index (χ0n) is 20.1. The normalized spacial score (nSPS) is 20.0. The van der Waals surface area contributed by atoms with E-state index < -0.39 is 71.4 Å². The number of rotatable bonds is 4. The van der Waals surface area contributed by atoms with E-state index in [0.29, 0.717) is 37.1 Å². The molecule has 0 bridgehead atoms. The largest absolute Gasteiger partial charge is 0.465 e. The third-order valence-corrected chi connectivity index (χ3v) is 6.92. The number of nitrogens with zero attached hydrogens (tertiary/aromatic N) is 2. The first kappa shape index (κ1) is 28.6. The Morgan fingerprint density at radius 3 is 1.85 bits per heavy atom. The second-order valence-electron chi connectivity index (χ2n) is 9.64. The lowest BCUT2D eigenvalue weighted by molar-refractivity contribution is -0.143. The molecule has 14 heteroatoms. The van der Waals surface area contributed by atoms with Gasteiger partial charge in [0.2, 0.25) is 5.91 Å². The first-order valence-corrected chi connectivity index (χ1v) is 11.7. The van der Waals surface area contributed by atoms with Crippen LogP contribution in [0.1, 0.15) is 60.0 Å². The third kappa shape index (κ3) is 5.93. The van der Waals surface area contributed by atoms with Crippen molar-refractivity contribution in [1.82, 2.24) is 4.90 Å². The van der Waals surface area contributed by atoms with Crippen LogP contribution < -0.4 is 4.90 Å². The summed E-state index contributed by atoms with van der Waals surface area (Å²) in [5, 5.41) is 9.85. The number of carbonyl (C=O) groups is 2. The molecule has 1 fully saturated rings. The zero-order valence-corrected chi connectivity index (χ0v) is 20.1. The lowest BCUT2D eigenvalue weighted by atomic mass is 9.86. The summed E-state index contributed by atoms with van der Waals surface area (Å²) < 4.78 is 121. The smallest absolute Gasteiger partial charge is 0.416 e. The highest BCUT2D eigenvalue weighted by molar-refractivity contribution is 5.89. The van der Waals surface area contributed by atoms with E-state index in [1.807, 2.05) is 0 Å². The van der Waals surface area contributed by atoms with Gasteiger partial charge in [0, 0.05) is 19.5 Å². The molecule has 2 aliphatic rings. The average molecular weight is 568 g/mol. The summed E-state index contributed by atoms with van der Waals surface area (Å²) in [5.74, 6) is -0.995. The van der Waals surface area contributed by atoms with Crippen molar-refractivity contribution in [2.75, 3.05) is 4.90 Å². The maximum Gasteiger partial charge on any atom is 0.416 e. The van der Waals surface area contributed by atoms with Crippen LogP contribution in [0.15, 0.2) is 36.4 Å². The SMILES string of the molecule is CC(=O)N(Cc1cc(C(F)(F)F)cc(C(F)(F)F)c1)C1CC(C2CC2)N(C(=O)O)c2ccc(C(F)(F)F)cc21. The predicted octanol–water partition coefficient (Wildman–Crippen LogP) is 7.50. The number of anilines is 1. The van der Waals surface area contributed by atoms with Crippen LogP contribution in [-0.4, -0.2) is 28.0 Å². The number of fused-ring (bicyclic) bond motifs is 1. The van der Waals surface area contributed by atoms with Crippen LogP contribution in [0.5, 0.6) is 0 Å². The molecule has 4 rings (SSSR count). The Hall–Kier alpha value is -3.45. The molecule has 1 aliphatic heterocycles. The molecular formula is C25H21F9N2O3. The number of hydrogen-bond acceptors (Lipinski definition) is 2. The molecule has 2 amide bonds. The van der Waals surface area contributed by atoms with Crippen molar-refractivity contribution in [2.45, 2.75) is 63.3 Å². The first-order valence-electron chi connectivity index (χ1n) is 11.7. The van der Waals surface area contributed by atoms with Crippen molar-refractivity contribution in [3.05, 3.63) is 64.2 Å². The molecule has 0 saturated heterocycles. The minimum absolute atomic E-state index is 0.0685. The van der Waals surface area contributed by atoms with Crippen LogP contribution in [0.4, 0.5) is 50.0 Å². The van der Waals surface area contributed by atoms with Crippen LogP contribution in [-0.2, 0) is 29.9 Å². The molecule has 212 valence electrons. The molecule has 2 aromatic rings. The van der Waals surface area contributed by atoms with Crippen molar-refractivity contribution < 1.29 is 54.2 Å². The molecule has 2 atom stereocenters. The molecule has 0 spiro atoms. The van der Waals surface area contributed by atoms with Crippen LogP contribution in [0.25, 0.3) is 0 Å². The molecule has 0 radical (unpaired) electrons. The molecule has 1 heterocycles. The van der Waals surface area contributed by atoms with Gasteiger partial charge in [-0.3, -0.25) is 9.69 Å². The standard InChI is InChI=1S/C25H21F9N2O3/c1-12(37)35(11-13-6-16(24(29,30)31)8-17(7-13)25(32,33)34)21-10-20(14-2-3-14)36(22(38)39)19-5-4-15(9-18(19)21)23(26,27)28/h4-9,14,20-21H,2-3,10-11H2,1H3,(H,38,39). The summed E-state index contributed by atoms with van der Waals surface area (Å²) in [6, 6.07) is 1.13. The number of carboxylic acid groups (broad SMARTS) is 1. The van der Waals surface area contributed by atoms with Crippen LogP contribution >= 0.6 is 0 Å². The monoisotopic (exact) mass is 568 g/mol. The molecule has 2 unspecified atom stereocenters. The zero-order chi connectivity index (χ0) is 29.1. The molecule has 0 aromatic heterocycles. The van der Waals surface area contributed by atoms with E-state index in [1.54, 1.807) is 0 Å². The molecule has 39 heavy (non-hydrogen) atoms. The van der Waals surface area contributed by atoms with Crippen LogP contribution in [0.2, 0.25) is 0 Å². The van der Waals surface area contributed by atoms with Crippen LogP contribution in [0.3, 0.4) is 0 Å². The van der Waals surface area contributed by atoms with E-state index in [0.717, 1.165) is 22.8 Å². The summed E-state index contributed by atoms with van der Waals surface area (Å²) in [6.07, 6.45) is -15.5. The van der Waals surface area contributed by atoms with Crippen LogP contribution in [0, 0.1) is 5.92 Å². The number of alkyl halides is 9. The Morgan fingerprint density at radius 1 is 0.872 bits per heavy atom. The predicted molar refractivity (Wildman–Crippen MR) is 118 cm³/mol. The fourth-order valence-corrected chi connectivity index (χ4v) is 5.03. The summed E-state index contributed by atoms with van der Waals surface area (Å²) in [7, 11) is 0. The minimum atomic E-state index is -5.14. The van der Waals surface area contributed by atoms with E-state index in [9.17, 15) is 54.2 Å².